The van der Waals surface area contributed by atoms with Gasteiger partial charge in [0.2, 0.25) is 10.0 Å². The van der Waals surface area contributed by atoms with Gasteiger partial charge in [0, 0.05) is 23.6 Å². The number of anilines is 1. The summed E-state index contributed by atoms with van der Waals surface area (Å²) in [5.74, 6) is 0. The van der Waals surface area contributed by atoms with Crippen LogP contribution in [0.3, 0.4) is 0 Å². The van der Waals surface area contributed by atoms with Crippen molar-refractivity contribution in [3.8, 4) is 0 Å². The maximum atomic E-state index is 12.4. The predicted molar refractivity (Wildman–Crippen MR) is 79.2 cm³/mol. The van der Waals surface area contributed by atoms with Crippen molar-refractivity contribution in [3.05, 3.63) is 23.2 Å². The number of nitrogens with two attached hydrogens (primary N) is 1. The van der Waals surface area contributed by atoms with Crippen LogP contribution in [0.4, 0.5) is 5.69 Å². The summed E-state index contributed by atoms with van der Waals surface area (Å²) in [4.78, 5) is 0.0154. The summed E-state index contributed by atoms with van der Waals surface area (Å²) in [6.45, 7) is 3.94. The summed E-state index contributed by atoms with van der Waals surface area (Å²) in [7, 11) is -2.06. The van der Waals surface area contributed by atoms with E-state index in [2.05, 4.69) is 4.72 Å². The van der Waals surface area contributed by atoms with E-state index < -0.39 is 10.0 Å². The molecule has 0 radical (unpaired) electrons. The minimum absolute atomic E-state index is 0.0154. The highest BCUT2D eigenvalue weighted by molar-refractivity contribution is 7.89. The zero-order valence-corrected chi connectivity index (χ0v) is 13.3. The van der Waals surface area contributed by atoms with E-state index in [0.29, 0.717) is 11.4 Å². The highest BCUT2D eigenvalue weighted by atomic mass is 35.5. The molecule has 0 spiro atoms. The maximum absolute atomic E-state index is 12.4. The first-order chi connectivity index (χ1) is 9.18. The van der Waals surface area contributed by atoms with Crippen LogP contribution in [-0.2, 0) is 14.8 Å². The van der Waals surface area contributed by atoms with E-state index in [-0.39, 0.29) is 28.1 Å². The molecule has 1 fully saturated rings. The summed E-state index contributed by atoms with van der Waals surface area (Å²) in [5.41, 5.74) is 5.66. The Bertz CT molecular complexity index is 616. The number of nitrogen functional groups attached to an aromatic ring is 1. The van der Waals surface area contributed by atoms with E-state index in [1.807, 2.05) is 13.8 Å². The molecule has 0 aromatic heterocycles. The molecule has 0 amide bonds. The number of methoxy groups -OCH3 is 1. The Hall–Kier alpha value is -0.820. The second kappa shape index (κ2) is 5.18. The van der Waals surface area contributed by atoms with E-state index in [0.717, 1.165) is 0 Å². The molecular weight excluding hydrogens is 300 g/mol. The molecule has 1 aromatic carbocycles. The Kier molecular flexibility index (Phi) is 4.03. The van der Waals surface area contributed by atoms with Crippen LogP contribution in [0.1, 0.15) is 20.3 Å². The number of rotatable bonds is 4. The van der Waals surface area contributed by atoms with Gasteiger partial charge in [-0.3, -0.25) is 0 Å². The molecule has 7 heteroatoms. The third-order valence-corrected chi connectivity index (χ3v) is 5.79. The smallest absolute Gasteiger partial charge is 0.242 e. The fourth-order valence-electron chi connectivity index (χ4n) is 2.48. The van der Waals surface area contributed by atoms with Gasteiger partial charge in [-0.25, -0.2) is 13.1 Å². The van der Waals surface area contributed by atoms with E-state index in [1.165, 1.54) is 12.1 Å². The van der Waals surface area contributed by atoms with Crippen LogP contribution in [0.15, 0.2) is 23.1 Å². The fraction of sp³-hybridized carbons (Fsp3) is 0.538. The standard InChI is InChI=1S/C13H19ClN2O3S/c1-13(2)11(7-12(13)19-3)16-20(17,18)10-6-8(14)4-5-9(10)15/h4-6,11-12,16H,7,15H2,1-3H3. The van der Waals surface area contributed by atoms with Crippen LogP contribution < -0.4 is 10.5 Å². The zero-order valence-electron chi connectivity index (χ0n) is 11.7. The lowest BCUT2D eigenvalue weighted by Crippen LogP contribution is -2.61. The average Bonchev–Trinajstić information content (AvgIpc) is 2.36. The Labute approximate surface area is 124 Å². The summed E-state index contributed by atoms with van der Waals surface area (Å²) in [6, 6.07) is 4.22. The van der Waals surface area contributed by atoms with Crippen LogP contribution in [-0.4, -0.2) is 27.7 Å². The molecule has 2 rings (SSSR count). The van der Waals surface area contributed by atoms with Crippen LogP contribution >= 0.6 is 11.6 Å². The van der Waals surface area contributed by atoms with Gasteiger partial charge >= 0.3 is 0 Å². The Morgan fingerprint density at radius 2 is 2.10 bits per heavy atom. The Morgan fingerprint density at radius 3 is 2.65 bits per heavy atom. The van der Waals surface area contributed by atoms with Crippen molar-refractivity contribution in [3.63, 3.8) is 0 Å². The van der Waals surface area contributed by atoms with Gasteiger partial charge in [0.25, 0.3) is 0 Å². The van der Waals surface area contributed by atoms with Gasteiger partial charge in [0.15, 0.2) is 0 Å². The van der Waals surface area contributed by atoms with Crippen LogP contribution in [0.25, 0.3) is 0 Å². The fourth-order valence-corrected chi connectivity index (χ4v) is 4.28. The van der Waals surface area contributed by atoms with Crippen LogP contribution in [0, 0.1) is 5.41 Å². The van der Waals surface area contributed by atoms with Gasteiger partial charge in [-0.1, -0.05) is 25.4 Å². The van der Waals surface area contributed by atoms with E-state index in [9.17, 15) is 8.42 Å². The quantitative estimate of drug-likeness (QED) is 0.832. The minimum Gasteiger partial charge on any atom is -0.398 e. The molecule has 1 saturated carbocycles. The molecule has 5 nitrogen and oxygen atoms in total. The number of halogens is 1. The lowest BCUT2D eigenvalue weighted by Gasteiger charge is -2.50. The molecule has 1 aromatic rings. The average molecular weight is 319 g/mol. The molecule has 0 aliphatic heterocycles. The van der Waals surface area contributed by atoms with Crippen LogP contribution in [0.2, 0.25) is 5.02 Å². The zero-order chi connectivity index (χ0) is 15.1. The number of benzene rings is 1. The van der Waals surface area contributed by atoms with Crippen molar-refractivity contribution < 1.29 is 13.2 Å². The summed E-state index contributed by atoms with van der Waals surface area (Å²) < 4.78 is 32.8. The third kappa shape index (κ3) is 2.65. The maximum Gasteiger partial charge on any atom is 0.242 e. The normalized spacial score (nSPS) is 25.2. The molecule has 112 valence electrons. The largest absolute Gasteiger partial charge is 0.398 e. The first kappa shape index (κ1) is 15.6. The SMILES string of the molecule is COC1CC(NS(=O)(=O)c2cc(Cl)ccc2N)C1(C)C. The highest BCUT2D eigenvalue weighted by Gasteiger charge is 2.50. The van der Waals surface area contributed by atoms with Gasteiger partial charge in [-0.05, 0) is 24.6 Å². The number of hydrogen-bond acceptors (Lipinski definition) is 4. The lowest BCUT2D eigenvalue weighted by molar-refractivity contribution is -0.0908. The Balaban J connectivity index is 2.23. The van der Waals surface area contributed by atoms with Crippen molar-refractivity contribution in [1.82, 2.24) is 4.72 Å². The molecule has 1 aliphatic rings. The molecule has 0 bridgehead atoms. The topological polar surface area (TPSA) is 81.4 Å². The first-order valence-electron chi connectivity index (χ1n) is 6.28. The minimum atomic E-state index is -3.69. The van der Waals surface area contributed by atoms with Crippen LogP contribution in [0.5, 0.6) is 0 Å². The van der Waals surface area contributed by atoms with Crippen molar-refractivity contribution in [2.24, 2.45) is 5.41 Å². The summed E-state index contributed by atoms with van der Waals surface area (Å²) in [5, 5.41) is 0.335. The molecule has 0 heterocycles. The van der Waals surface area contributed by atoms with E-state index in [1.54, 1.807) is 13.2 Å². The molecule has 3 N–H and O–H groups in total. The monoisotopic (exact) mass is 318 g/mol. The van der Waals surface area contributed by atoms with Gasteiger partial charge in [-0.15, -0.1) is 0 Å². The van der Waals surface area contributed by atoms with E-state index in [4.69, 9.17) is 22.1 Å². The van der Waals surface area contributed by atoms with Gasteiger partial charge < -0.3 is 10.5 Å². The number of hydrogen-bond donors (Lipinski definition) is 2. The first-order valence-corrected chi connectivity index (χ1v) is 8.14. The summed E-state index contributed by atoms with van der Waals surface area (Å²) >= 11 is 5.84. The van der Waals surface area contributed by atoms with Gasteiger partial charge in [0.05, 0.1) is 11.8 Å². The Morgan fingerprint density at radius 1 is 1.45 bits per heavy atom. The second-order valence-electron chi connectivity index (χ2n) is 5.64. The molecule has 20 heavy (non-hydrogen) atoms. The van der Waals surface area contributed by atoms with Crippen molar-refractivity contribution in [2.45, 2.75) is 37.3 Å². The number of sulfonamides is 1. The van der Waals surface area contributed by atoms with Crippen molar-refractivity contribution in [2.75, 3.05) is 12.8 Å². The summed E-state index contributed by atoms with van der Waals surface area (Å²) in [6.07, 6.45) is 0.690. The van der Waals surface area contributed by atoms with E-state index >= 15 is 0 Å². The molecular formula is C13H19ClN2O3S. The molecule has 2 atom stereocenters. The lowest BCUT2D eigenvalue weighted by atomic mass is 9.65. The third-order valence-electron chi connectivity index (χ3n) is 4.02. The number of ether oxygens (including phenoxy) is 1. The molecule has 1 aliphatic carbocycles. The van der Waals surface area contributed by atoms with Gasteiger partial charge in [-0.2, -0.15) is 0 Å². The van der Waals surface area contributed by atoms with Gasteiger partial charge in [0.1, 0.15) is 4.90 Å². The number of nitrogens with one attached hydrogen (secondary N) is 1. The molecule has 2 unspecified atom stereocenters. The highest BCUT2D eigenvalue weighted by Crippen LogP contribution is 2.43. The molecule has 0 saturated heterocycles. The van der Waals surface area contributed by atoms with Crippen molar-refractivity contribution in [1.29, 1.82) is 0 Å². The second-order valence-corrected chi connectivity index (χ2v) is 7.76. The predicted octanol–water partition coefficient (Wildman–Crippen LogP) is 2.01. The van der Waals surface area contributed by atoms with Crippen molar-refractivity contribution >= 4 is 27.3 Å².